The molecule has 0 aromatic carbocycles. The molecule has 0 bridgehead atoms. The van der Waals surface area contributed by atoms with Crippen LogP contribution in [0.3, 0.4) is 0 Å². The number of carboxylic acid groups (broad SMARTS) is 1. The van der Waals surface area contributed by atoms with E-state index in [4.69, 9.17) is 4.74 Å². The molecular weight excluding hydrogens is 310 g/mol. The van der Waals surface area contributed by atoms with Crippen molar-refractivity contribution in [3.63, 3.8) is 0 Å². The number of nitrogens with zero attached hydrogens (tertiary/aromatic N) is 3. The summed E-state index contributed by atoms with van der Waals surface area (Å²) < 4.78 is 5.37. The van der Waals surface area contributed by atoms with Gasteiger partial charge in [-0.3, -0.25) is 0 Å². The Bertz CT molecular complexity index is 617. The fraction of sp³-hybridized carbons (Fsp3) is 0.588. The molecule has 0 unspecified atom stereocenters. The topological polar surface area (TPSA) is 83.0 Å². The molecule has 1 saturated heterocycles. The fourth-order valence-corrected chi connectivity index (χ4v) is 2.53. The molecule has 0 spiro atoms. The van der Waals surface area contributed by atoms with Crippen LogP contribution in [-0.4, -0.2) is 58.8 Å². The first kappa shape index (κ1) is 18.0. The summed E-state index contributed by atoms with van der Waals surface area (Å²) in [5.74, 6) is -0.522. The highest BCUT2D eigenvalue weighted by Crippen LogP contribution is 2.21. The highest BCUT2D eigenvalue weighted by atomic mass is 16.6. The van der Waals surface area contributed by atoms with Crippen molar-refractivity contribution in [3.8, 4) is 0 Å². The molecule has 1 amide bonds. The van der Waals surface area contributed by atoms with Gasteiger partial charge < -0.3 is 19.6 Å². The Balaban J connectivity index is 2.07. The van der Waals surface area contributed by atoms with Crippen LogP contribution in [0.5, 0.6) is 0 Å². The van der Waals surface area contributed by atoms with Gasteiger partial charge in [-0.1, -0.05) is 6.92 Å². The van der Waals surface area contributed by atoms with E-state index >= 15 is 0 Å². The summed E-state index contributed by atoms with van der Waals surface area (Å²) in [5.41, 5.74) is 0.575. The number of carbonyl (C=O) groups excluding carboxylic acids is 1. The van der Waals surface area contributed by atoms with E-state index in [2.05, 4.69) is 4.98 Å². The molecule has 2 heterocycles. The van der Waals surface area contributed by atoms with Gasteiger partial charge in [-0.05, 0) is 38.8 Å². The second-order valence-corrected chi connectivity index (χ2v) is 6.83. The summed E-state index contributed by atoms with van der Waals surface area (Å²) in [6.45, 7) is 9.47. The number of aryl methyl sites for hydroxylation is 1. The Morgan fingerprint density at radius 1 is 1.25 bits per heavy atom. The van der Waals surface area contributed by atoms with Gasteiger partial charge in [0.15, 0.2) is 0 Å². The average Bonchev–Trinajstić information content (AvgIpc) is 2.52. The summed E-state index contributed by atoms with van der Waals surface area (Å²) >= 11 is 0. The van der Waals surface area contributed by atoms with Crippen molar-refractivity contribution in [2.75, 3.05) is 31.1 Å². The van der Waals surface area contributed by atoms with E-state index in [1.165, 1.54) is 0 Å². The Hall–Kier alpha value is -2.31. The molecule has 1 fully saturated rings. The van der Waals surface area contributed by atoms with E-state index in [1.54, 1.807) is 17.2 Å². The molecule has 1 aliphatic heterocycles. The highest BCUT2D eigenvalue weighted by Gasteiger charge is 2.28. The third kappa shape index (κ3) is 4.37. The van der Waals surface area contributed by atoms with Gasteiger partial charge in [-0.15, -0.1) is 0 Å². The van der Waals surface area contributed by atoms with Crippen LogP contribution >= 0.6 is 0 Å². The minimum atomic E-state index is -0.984. The van der Waals surface area contributed by atoms with Crippen LogP contribution < -0.4 is 4.90 Å². The SMILES string of the molecule is CCc1cnc(N2CCN(C(=O)OC(C)(C)C)CC2)c(C(=O)O)c1. The average molecular weight is 335 g/mol. The standard InChI is InChI=1S/C17H25N3O4/c1-5-12-10-13(15(21)22)14(18-11-12)19-6-8-20(9-7-19)16(23)24-17(2,3)4/h10-11H,5-9H2,1-4H3,(H,21,22). The second kappa shape index (κ2) is 7.07. The van der Waals surface area contributed by atoms with Crippen LogP contribution in [0.1, 0.15) is 43.6 Å². The molecule has 7 heteroatoms. The number of pyridine rings is 1. The minimum Gasteiger partial charge on any atom is -0.478 e. The molecular formula is C17H25N3O4. The van der Waals surface area contributed by atoms with Gasteiger partial charge in [0.1, 0.15) is 17.0 Å². The molecule has 24 heavy (non-hydrogen) atoms. The van der Waals surface area contributed by atoms with Crippen LogP contribution in [0.4, 0.5) is 10.6 Å². The first-order valence-electron chi connectivity index (χ1n) is 8.16. The largest absolute Gasteiger partial charge is 0.478 e. The van der Waals surface area contributed by atoms with Gasteiger partial charge >= 0.3 is 12.1 Å². The summed E-state index contributed by atoms with van der Waals surface area (Å²) in [6, 6.07) is 1.67. The lowest BCUT2D eigenvalue weighted by Gasteiger charge is -2.36. The first-order valence-corrected chi connectivity index (χ1v) is 8.16. The summed E-state index contributed by atoms with van der Waals surface area (Å²) in [4.78, 5) is 31.5. The van der Waals surface area contributed by atoms with Gasteiger partial charge in [0, 0.05) is 32.4 Å². The van der Waals surface area contributed by atoms with Crippen molar-refractivity contribution in [2.45, 2.75) is 39.7 Å². The Labute approximate surface area is 142 Å². The maximum absolute atomic E-state index is 12.1. The molecule has 1 aromatic rings. The van der Waals surface area contributed by atoms with Gasteiger partial charge in [0.2, 0.25) is 0 Å². The number of hydrogen-bond acceptors (Lipinski definition) is 5. The van der Waals surface area contributed by atoms with Crippen molar-refractivity contribution in [3.05, 3.63) is 23.4 Å². The quantitative estimate of drug-likeness (QED) is 0.913. The van der Waals surface area contributed by atoms with Crippen LogP contribution in [0, 0.1) is 0 Å². The predicted molar refractivity (Wildman–Crippen MR) is 90.6 cm³/mol. The van der Waals surface area contributed by atoms with E-state index in [-0.39, 0.29) is 11.7 Å². The van der Waals surface area contributed by atoms with E-state index in [0.717, 1.165) is 12.0 Å². The monoisotopic (exact) mass is 335 g/mol. The summed E-state index contributed by atoms with van der Waals surface area (Å²) in [5, 5.41) is 9.43. The van der Waals surface area contributed by atoms with E-state index in [0.29, 0.717) is 32.0 Å². The smallest absolute Gasteiger partial charge is 0.410 e. The molecule has 0 saturated carbocycles. The third-order valence-electron chi connectivity index (χ3n) is 3.79. The van der Waals surface area contributed by atoms with Gasteiger partial charge in [-0.25, -0.2) is 14.6 Å². The number of ether oxygens (including phenoxy) is 1. The Kier molecular flexibility index (Phi) is 5.31. The number of hydrogen-bond donors (Lipinski definition) is 1. The number of amides is 1. The van der Waals surface area contributed by atoms with Crippen molar-refractivity contribution < 1.29 is 19.4 Å². The first-order chi connectivity index (χ1) is 11.2. The zero-order valence-electron chi connectivity index (χ0n) is 14.7. The number of carbonyl (C=O) groups is 2. The maximum Gasteiger partial charge on any atom is 0.410 e. The molecule has 1 aromatic heterocycles. The van der Waals surface area contributed by atoms with E-state index in [9.17, 15) is 14.7 Å². The number of piperazine rings is 1. The lowest BCUT2D eigenvalue weighted by Crippen LogP contribution is -2.50. The van der Waals surface area contributed by atoms with E-state index in [1.807, 2.05) is 32.6 Å². The van der Waals surface area contributed by atoms with Crippen LogP contribution in [0.15, 0.2) is 12.3 Å². The molecule has 1 N–H and O–H groups in total. The maximum atomic E-state index is 12.1. The normalized spacial score (nSPS) is 15.3. The van der Waals surface area contributed by atoms with Crippen molar-refractivity contribution >= 4 is 17.9 Å². The lowest BCUT2D eigenvalue weighted by molar-refractivity contribution is 0.0239. The predicted octanol–water partition coefficient (Wildman–Crippen LogP) is 2.40. The van der Waals surface area contributed by atoms with Gasteiger partial charge in [-0.2, -0.15) is 0 Å². The summed E-state index contributed by atoms with van der Waals surface area (Å²) in [7, 11) is 0. The van der Waals surface area contributed by atoms with Crippen LogP contribution in [0.25, 0.3) is 0 Å². The second-order valence-electron chi connectivity index (χ2n) is 6.83. The van der Waals surface area contributed by atoms with Crippen LogP contribution in [-0.2, 0) is 11.2 Å². The minimum absolute atomic E-state index is 0.208. The molecule has 132 valence electrons. The molecule has 0 aliphatic carbocycles. The van der Waals surface area contributed by atoms with Crippen molar-refractivity contribution in [1.29, 1.82) is 0 Å². The third-order valence-corrected chi connectivity index (χ3v) is 3.79. The van der Waals surface area contributed by atoms with Gasteiger partial charge in [0.05, 0.1) is 0 Å². The van der Waals surface area contributed by atoms with Crippen LogP contribution in [0.2, 0.25) is 0 Å². The molecule has 7 nitrogen and oxygen atoms in total. The molecule has 2 rings (SSSR count). The molecule has 1 aliphatic rings. The van der Waals surface area contributed by atoms with Crippen molar-refractivity contribution in [1.82, 2.24) is 9.88 Å². The molecule has 0 radical (unpaired) electrons. The number of carboxylic acids is 1. The Morgan fingerprint density at radius 3 is 2.38 bits per heavy atom. The lowest BCUT2D eigenvalue weighted by atomic mass is 10.1. The number of aromatic nitrogens is 1. The fourth-order valence-electron chi connectivity index (χ4n) is 2.53. The summed E-state index contributed by atoms with van der Waals surface area (Å²) in [6.07, 6.45) is 2.11. The van der Waals surface area contributed by atoms with Gasteiger partial charge in [0.25, 0.3) is 0 Å². The molecule has 0 atom stereocenters. The van der Waals surface area contributed by atoms with Crippen molar-refractivity contribution in [2.24, 2.45) is 0 Å². The Morgan fingerprint density at radius 2 is 1.88 bits per heavy atom. The zero-order chi connectivity index (χ0) is 17.9. The zero-order valence-corrected chi connectivity index (χ0v) is 14.7. The number of anilines is 1. The number of aromatic carboxylic acids is 1. The van der Waals surface area contributed by atoms with E-state index < -0.39 is 11.6 Å². The number of rotatable bonds is 3. The highest BCUT2D eigenvalue weighted by molar-refractivity contribution is 5.93.